The quantitative estimate of drug-likeness (QED) is 0.281. The summed E-state index contributed by atoms with van der Waals surface area (Å²) in [4.78, 5) is 16.6. The fraction of sp³-hybridized carbons (Fsp3) is 0.0667. The third-order valence-electron chi connectivity index (χ3n) is 3.71. The van der Waals surface area contributed by atoms with Crippen molar-refractivity contribution in [3.05, 3.63) is 34.9 Å². The molecule has 0 spiro atoms. The fourth-order valence-corrected chi connectivity index (χ4v) is 2.54. The first-order valence-corrected chi connectivity index (χ1v) is 8.59. The van der Waals surface area contributed by atoms with Crippen LogP contribution in [-0.4, -0.2) is 47.5 Å². The topological polar surface area (TPSA) is 202 Å². The Bertz CT molecular complexity index is 1230. The molecule has 14 nitrogen and oxygen atoms in total. The van der Waals surface area contributed by atoms with E-state index in [0.717, 1.165) is 0 Å². The van der Waals surface area contributed by atoms with Gasteiger partial charge in [0.15, 0.2) is 28.8 Å². The number of rotatable bonds is 6. The van der Waals surface area contributed by atoms with E-state index < -0.39 is 5.91 Å². The van der Waals surface area contributed by atoms with E-state index in [0.29, 0.717) is 10.6 Å². The highest BCUT2D eigenvalue weighted by Gasteiger charge is 2.24. The zero-order valence-corrected chi connectivity index (χ0v) is 15.7. The number of hydrogen-bond donors (Lipinski definition) is 3. The molecule has 0 bridgehead atoms. The third kappa shape index (κ3) is 3.79. The fourth-order valence-electron chi connectivity index (χ4n) is 2.35. The van der Waals surface area contributed by atoms with Gasteiger partial charge in [-0.2, -0.15) is 5.10 Å². The maximum absolute atomic E-state index is 12.3. The van der Waals surface area contributed by atoms with Crippen molar-refractivity contribution in [2.45, 2.75) is 6.54 Å². The van der Waals surface area contributed by atoms with E-state index in [1.807, 2.05) is 0 Å². The lowest BCUT2D eigenvalue weighted by Crippen LogP contribution is -2.24. The lowest BCUT2D eigenvalue weighted by molar-refractivity contribution is -0.121. The number of anilines is 2. The highest BCUT2D eigenvalue weighted by Crippen LogP contribution is 2.25. The van der Waals surface area contributed by atoms with Crippen molar-refractivity contribution in [2.24, 2.45) is 5.10 Å². The van der Waals surface area contributed by atoms with E-state index in [2.05, 4.69) is 50.5 Å². The molecular formula is C15H12ClN11O3. The molecule has 0 saturated carbocycles. The Balaban J connectivity index is 1.57. The average Bonchev–Trinajstić information content (AvgIpc) is 3.43. The normalized spacial score (nSPS) is 11.2. The largest absolute Gasteiger partial charge is 0.379 e. The molecule has 3 aromatic heterocycles. The van der Waals surface area contributed by atoms with Gasteiger partial charge in [-0.25, -0.2) is 24.3 Å². The van der Waals surface area contributed by atoms with E-state index in [9.17, 15) is 4.79 Å². The van der Waals surface area contributed by atoms with E-state index >= 15 is 0 Å². The molecule has 1 amide bonds. The van der Waals surface area contributed by atoms with Crippen LogP contribution < -0.4 is 16.9 Å². The van der Waals surface area contributed by atoms with Crippen LogP contribution in [0.15, 0.2) is 38.6 Å². The molecule has 0 aliphatic heterocycles. The second kappa shape index (κ2) is 7.96. The Morgan fingerprint density at radius 2 is 1.83 bits per heavy atom. The standard InChI is InChI=1S/C15H12ClN11O3/c16-8-4-2-1-3-7(8)5-19-21-9(28)6-27-15(11-13(18)26-30-24-11)20-14(22-27)10-12(17)25-29-23-10/h1-5H,6H2,(H2,17,25)(H2,18,26)(H,21,28)/b19-5-. The molecule has 152 valence electrons. The van der Waals surface area contributed by atoms with Crippen molar-refractivity contribution < 1.29 is 14.1 Å². The molecule has 4 rings (SSSR count). The molecule has 0 atom stereocenters. The van der Waals surface area contributed by atoms with Crippen molar-refractivity contribution in [1.82, 2.24) is 40.8 Å². The van der Waals surface area contributed by atoms with E-state index in [1.54, 1.807) is 24.3 Å². The predicted molar refractivity (Wildman–Crippen MR) is 103 cm³/mol. The first kappa shape index (κ1) is 19.0. The highest BCUT2D eigenvalue weighted by molar-refractivity contribution is 6.33. The number of nitrogens with two attached hydrogens (primary N) is 2. The maximum Gasteiger partial charge on any atom is 0.261 e. The van der Waals surface area contributed by atoms with Crippen molar-refractivity contribution in [1.29, 1.82) is 0 Å². The first-order valence-electron chi connectivity index (χ1n) is 8.21. The smallest absolute Gasteiger partial charge is 0.261 e. The Kier molecular flexibility index (Phi) is 5.04. The van der Waals surface area contributed by atoms with Crippen LogP contribution in [0.4, 0.5) is 11.6 Å². The number of nitrogens with one attached hydrogen (secondary N) is 1. The minimum Gasteiger partial charge on any atom is -0.379 e. The number of carbonyl (C=O) groups excluding carboxylic acids is 1. The SMILES string of the molecule is Nc1nonc1-c1nc(-c2nonc2N)n(CC(=O)N/N=C\c2ccccc2Cl)n1. The highest BCUT2D eigenvalue weighted by atomic mass is 35.5. The molecule has 30 heavy (non-hydrogen) atoms. The van der Waals surface area contributed by atoms with Gasteiger partial charge < -0.3 is 11.5 Å². The summed E-state index contributed by atoms with van der Waals surface area (Å²) in [6.45, 7) is -0.292. The molecule has 5 N–H and O–H groups in total. The van der Waals surface area contributed by atoms with Gasteiger partial charge in [0, 0.05) is 10.6 Å². The summed E-state index contributed by atoms with van der Waals surface area (Å²) in [7, 11) is 0. The van der Waals surface area contributed by atoms with Gasteiger partial charge in [-0.1, -0.05) is 29.8 Å². The number of nitrogen functional groups attached to an aromatic ring is 2. The molecule has 0 saturated heterocycles. The molecule has 0 radical (unpaired) electrons. The number of nitrogens with zero attached hydrogens (tertiary/aromatic N) is 8. The first-order chi connectivity index (χ1) is 14.5. The van der Waals surface area contributed by atoms with Crippen molar-refractivity contribution >= 4 is 35.4 Å². The van der Waals surface area contributed by atoms with Crippen LogP contribution >= 0.6 is 11.6 Å². The van der Waals surface area contributed by atoms with E-state index in [-0.39, 0.29) is 41.2 Å². The average molecular weight is 430 g/mol. The molecule has 1 aromatic carbocycles. The molecule has 4 aromatic rings. The molecule has 0 fully saturated rings. The summed E-state index contributed by atoms with van der Waals surface area (Å²) in [6, 6.07) is 7.02. The Labute approximate surface area is 171 Å². The summed E-state index contributed by atoms with van der Waals surface area (Å²) in [5.41, 5.74) is 14.6. The Morgan fingerprint density at radius 3 is 2.50 bits per heavy atom. The van der Waals surface area contributed by atoms with Crippen LogP contribution in [0.3, 0.4) is 0 Å². The summed E-state index contributed by atoms with van der Waals surface area (Å²) < 4.78 is 10.4. The monoisotopic (exact) mass is 429 g/mol. The zero-order valence-electron chi connectivity index (χ0n) is 14.9. The van der Waals surface area contributed by atoms with Gasteiger partial charge in [0.1, 0.15) is 6.54 Å². The van der Waals surface area contributed by atoms with Crippen LogP contribution in [0.1, 0.15) is 5.56 Å². The minimum absolute atomic E-state index is 0.0289. The van der Waals surface area contributed by atoms with Gasteiger partial charge in [-0.3, -0.25) is 4.79 Å². The third-order valence-corrected chi connectivity index (χ3v) is 4.06. The number of amides is 1. The summed E-state index contributed by atoms with van der Waals surface area (Å²) in [6.07, 6.45) is 1.41. The van der Waals surface area contributed by atoms with Gasteiger partial charge in [-0.15, -0.1) is 5.10 Å². The van der Waals surface area contributed by atoms with Crippen LogP contribution in [0.25, 0.3) is 23.0 Å². The van der Waals surface area contributed by atoms with E-state index in [1.165, 1.54) is 10.9 Å². The molecular weight excluding hydrogens is 418 g/mol. The lowest BCUT2D eigenvalue weighted by Gasteiger charge is -2.03. The Hall–Kier alpha value is -4.33. The molecule has 0 aliphatic carbocycles. The van der Waals surface area contributed by atoms with Crippen LogP contribution in [-0.2, 0) is 11.3 Å². The maximum atomic E-state index is 12.3. The molecule has 0 unspecified atom stereocenters. The zero-order chi connectivity index (χ0) is 21.1. The lowest BCUT2D eigenvalue weighted by atomic mass is 10.2. The van der Waals surface area contributed by atoms with Crippen molar-refractivity contribution in [2.75, 3.05) is 11.5 Å². The van der Waals surface area contributed by atoms with Gasteiger partial charge in [0.25, 0.3) is 5.91 Å². The van der Waals surface area contributed by atoms with Crippen LogP contribution in [0.2, 0.25) is 5.02 Å². The van der Waals surface area contributed by atoms with Crippen LogP contribution in [0, 0.1) is 0 Å². The Morgan fingerprint density at radius 1 is 1.13 bits per heavy atom. The summed E-state index contributed by atoms with van der Waals surface area (Å²) >= 11 is 6.04. The molecule has 3 heterocycles. The number of carbonyl (C=O) groups is 1. The van der Waals surface area contributed by atoms with Gasteiger partial charge in [0.2, 0.25) is 5.82 Å². The molecule has 15 heteroatoms. The molecule has 0 aliphatic rings. The van der Waals surface area contributed by atoms with Crippen molar-refractivity contribution in [3.8, 4) is 23.0 Å². The van der Waals surface area contributed by atoms with E-state index in [4.69, 9.17) is 23.1 Å². The summed E-state index contributed by atoms with van der Waals surface area (Å²) in [5.74, 6) is -0.454. The van der Waals surface area contributed by atoms with Crippen molar-refractivity contribution in [3.63, 3.8) is 0 Å². The number of aromatic nitrogens is 7. The van der Waals surface area contributed by atoms with Gasteiger partial charge >= 0.3 is 0 Å². The summed E-state index contributed by atoms with van der Waals surface area (Å²) in [5, 5.41) is 22.9. The van der Waals surface area contributed by atoms with Gasteiger partial charge in [0.05, 0.1) is 6.21 Å². The second-order valence-electron chi connectivity index (χ2n) is 5.73. The number of benzene rings is 1. The number of hydrazone groups is 1. The van der Waals surface area contributed by atoms with Gasteiger partial charge in [-0.05, 0) is 26.7 Å². The predicted octanol–water partition coefficient (Wildman–Crippen LogP) is 0.346. The second-order valence-corrected chi connectivity index (χ2v) is 6.13. The minimum atomic E-state index is -0.516. The number of halogens is 1. The van der Waals surface area contributed by atoms with Crippen LogP contribution in [0.5, 0.6) is 0 Å². The number of hydrogen-bond acceptors (Lipinski definition) is 12.